The number of nitrogens with zero attached hydrogens (tertiary/aromatic N) is 1. The Balaban J connectivity index is 2.42. The fourth-order valence-electron chi connectivity index (χ4n) is 0.977. The number of hydrogen-bond donors (Lipinski definition) is 0. The van der Waals surface area contributed by atoms with Gasteiger partial charge in [-0.15, -0.1) is 0 Å². The van der Waals surface area contributed by atoms with Crippen molar-refractivity contribution in [2.24, 2.45) is 4.99 Å². The second-order valence-corrected chi connectivity index (χ2v) is 5.84. The van der Waals surface area contributed by atoms with E-state index >= 15 is 0 Å². The molecule has 13 heavy (non-hydrogen) atoms. The molecule has 0 aliphatic carbocycles. The summed E-state index contributed by atoms with van der Waals surface area (Å²) < 4.78 is 6.17. The minimum atomic E-state index is -0.578. The molecule has 2 aliphatic rings. The van der Waals surface area contributed by atoms with Crippen LogP contribution in [0.1, 0.15) is 0 Å². The quantitative estimate of drug-likeness (QED) is 0.473. The molecule has 0 saturated heterocycles. The first-order valence-electron chi connectivity index (χ1n) is 3.39. The third-order valence-corrected chi connectivity index (χ3v) is 4.84. The van der Waals surface area contributed by atoms with E-state index in [9.17, 15) is 4.79 Å². The molecule has 0 aromatic rings. The lowest BCUT2D eigenvalue weighted by Gasteiger charge is -1.99. The van der Waals surface area contributed by atoms with E-state index in [-0.39, 0.29) is 5.30 Å². The standard InChI is InChI=1S/C7H5NO2S3/c1-10-7(9)13-3-2-4-5(13)12-6(11)8-4/h2-3H,1H3. The summed E-state index contributed by atoms with van der Waals surface area (Å²) in [6.07, 6.45) is 1.82. The van der Waals surface area contributed by atoms with Gasteiger partial charge in [-0.2, -0.15) is 0 Å². The zero-order chi connectivity index (χ0) is 9.42. The van der Waals surface area contributed by atoms with E-state index in [0.29, 0.717) is 4.32 Å². The second kappa shape index (κ2) is 3.36. The summed E-state index contributed by atoms with van der Waals surface area (Å²) in [7, 11) is 0.807. The molecular formula is C7H5NO2S3. The Morgan fingerprint density at radius 3 is 3.23 bits per heavy atom. The molecule has 0 bridgehead atoms. The van der Waals surface area contributed by atoms with Crippen LogP contribution in [0.25, 0.3) is 0 Å². The van der Waals surface area contributed by atoms with Gasteiger partial charge in [0.15, 0.2) is 4.32 Å². The monoisotopic (exact) mass is 231 g/mol. The number of fused-ring (bicyclic) bond motifs is 1. The topological polar surface area (TPSA) is 38.7 Å². The number of carbonyl (C=O) groups excluding carboxylic acids is 1. The van der Waals surface area contributed by atoms with Crippen LogP contribution in [0.15, 0.2) is 16.5 Å². The van der Waals surface area contributed by atoms with Gasteiger partial charge in [0, 0.05) is 0 Å². The first-order valence-corrected chi connectivity index (χ1v) is 5.90. The molecule has 1 atom stereocenters. The van der Waals surface area contributed by atoms with Gasteiger partial charge in [0.1, 0.15) is 0 Å². The lowest BCUT2D eigenvalue weighted by atomic mass is 10.4. The van der Waals surface area contributed by atoms with Gasteiger partial charge < -0.3 is 4.74 Å². The Morgan fingerprint density at radius 2 is 2.54 bits per heavy atom. The maximum atomic E-state index is 11.3. The maximum Gasteiger partial charge on any atom is 0.366 e. The lowest BCUT2D eigenvalue weighted by molar-refractivity contribution is 0.200. The molecule has 0 N–H and O–H groups in total. The number of allylic oxidation sites excluding steroid dienone is 1. The van der Waals surface area contributed by atoms with Gasteiger partial charge in [-0.05, 0) is 33.7 Å². The van der Waals surface area contributed by atoms with Crippen LogP contribution in [0, 0.1) is 0 Å². The number of thiocarbonyl (C=S) groups is 1. The molecule has 2 rings (SSSR count). The van der Waals surface area contributed by atoms with E-state index in [0.717, 1.165) is 9.91 Å². The van der Waals surface area contributed by atoms with E-state index in [2.05, 4.69) is 9.73 Å². The van der Waals surface area contributed by atoms with Crippen LogP contribution in [0.2, 0.25) is 0 Å². The molecule has 0 saturated carbocycles. The maximum absolute atomic E-state index is 11.3. The summed E-state index contributed by atoms with van der Waals surface area (Å²) in [5, 5.41) is 1.59. The number of aliphatic imine (C=N–C) groups is 1. The summed E-state index contributed by atoms with van der Waals surface area (Å²) in [4.78, 5) is 15.4. The molecule has 0 fully saturated rings. The number of ether oxygens (including phenoxy) is 1. The second-order valence-electron chi connectivity index (χ2n) is 2.25. The van der Waals surface area contributed by atoms with Crippen LogP contribution in [0.5, 0.6) is 0 Å². The minimum Gasteiger partial charge on any atom is -0.461 e. The predicted molar refractivity (Wildman–Crippen MR) is 61.8 cm³/mol. The first kappa shape index (κ1) is 9.11. The van der Waals surface area contributed by atoms with Crippen molar-refractivity contribution >= 4 is 54.0 Å². The van der Waals surface area contributed by atoms with Crippen molar-refractivity contribution in [3.63, 3.8) is 0 Å². The number of hydrogen-bond acceptors (Lipinski definition) is 4. The van der Waals surface area contributed by atoms with Gasteiger partial charge in [0.25, 0.3) is 0 Å². The van der Waals surface area contributed by atoms with Crippen LogP contribution < -0.4 is 0 Å². The summed E-state index contributed by atoms with van der Waals surface area (Å²) >= 11 is 6.30. The van der Waals surface area contributed by atoms with E-state index in [1.807, 2.05) is 11.5 Å². The summed E-state index contributed by atoms with van der Waals surface area (Å²) in [5.74, 6) is 0. The largest absolute Gasteiger partial charge is 0.461 e. The zero-order valence-electron chi connectivity index (χ0n) is 6.64. The van der Waals surface area contributed by atoms with Gasteiger partial charge in [0.2, 0.25) is 0 Å². The Morgan fingerprint density at radius 1 is 1.77 bits per heavy atom. The Bertz CT molecular complexity index is 395. The van der Waals surface area contributed by atoms with E-state index in [1.165, 1.54) is 18.9 Å². The highest BCUT2D eigenvalue weighted by atomic mass is 32.2. The number of thioether (sulfide) groups is 1. The Labute approximate surface area is 87.2 Å². The molecular weight excluding hydrogens is 226 g/mol. The highest BCUT2D eigenvalue weighted by Gasteiger charge is 2.27. The molecule has 0 aromatic heterocycles. The lowest BCUT2D eigenvalue weighted by Crippen LogP contribution is -2.01. The van der Waals surface area contributed by atoms with Crippen molar-refractivity contribution in [1.29, 1.82) is 0 Å². The van der Waals surface area contributed by atoms with Crippen molar-refractivity contribution in [3.8, 4) is 0 Å². The fourth-order valence-corrected chi connectivity index (χ4v) is 4.14. The van der Waals surface area contributed by atoms with E-state index in [4.69, 9.17) is 12.2 Å². The van der Waals surface area contributed by atoms with E-state index < -0.39 is 10.5 Å². The van der Waals surface area contributed by atoms with Crippen molar-refractivity contribution in [2.45, 2.75) is 0 Å². The van der Waals surface area contributed by atoms with Gasteiger partial charge >= 0.3 is 5.30 Å². The average Bonchev–Trinajstić information content (AvgIpc) is 2.61. The average molecular weight is 231 g/mol. The fraction of sp³-hybridized carbons (Fsp3) is 0.143. The molecule has 3 nitrogen and oxygen atoms in total. The summed E-state index contributed by atoms with van der Waals surface area (Å²) in [6, 6.07) is 0. The highest BCUT2D eigenvalue weighted by Crippen LogP contribution is 2.35. The third kappa shape index (κ3) is 1.49. The third-order valence-electron chi connectivity index (χ3n) is 1.51. The molecule has 0 amide bonds. The Kier molecular flexibility index (Phi) is 2.35. The number of carbonyl (C=O) groups is 1. The SMILES string of the molecule is COC(=O)S1=C2SC(=S)N=C2C=C1. The van der Waals surface area contributed by atoms with Crippen LogP contribution in [-0.4, -0.2) is 26.6 Å². The van der Waals surface area contributed by atoms with Crippen LogP contribution in [-0.2, 0) is 4.74 Å². The molecule has 6 heteroatoms. The molecule has 68 valence electrons. The number of methoxy groups -OCH3 is 1. The normalized spacial score (nSPS) is 24.7. The van der Waals surface area contributed by atoms with E-state index in [1.54, 1.807) is 0 Å². The first-order chi connectivity index (χ1) is 6.22. The van der Waals surface area contributed by atoms with Crippen LogP contribution in [0.4, 0.5) is 4.79 Å². The minimum absolute atomic E-state index is 0.228. The molecule has 0 spiro atoms. The van der Waals surface area contributed by atoms with Crippen molar-refractivity contribution in [3.05, 3.63) is 11.5 Å². The molecule has 2 heterocycles. The molecule has 2 aliphatic heterocycles. The summed E-state index contributed by atoms with van der Waals surface area (Å²) in [5.41, 5.74) is 0.823. The van der Waals surface area contributed by atoms with Crippen molar-refractivity contribution in [2.75, 3.05) is 7.11 Å². The molecule has 0 radical (unpaired) electrons. The van der Waals surface area contributed by atoms with Gasteiger partial charge in [-0.3, -0.25) is 0 Å². The smallest absolute Gasteiger partial charge is 0.366 e. The van der Waals surface area contributed by atoms with Gasteiger partial charge in [-0.25, -0.2) is 9.79 Å². The predicted octanol–water partition coefficient (Wildman–Crippen LogP) is 2.15. The van der Waals surface area contributed by atoms with Gasteiger partial charge in [0.05, 0.1) is 17.0 Å². The van der Waals surface area contributed by atoms with Crippen LogP contribution in [0.3, 0.4) is 0 Å². The zero-order valence-corrected chi connectivity index (χ0v) is 9.09. The molecule has 0 aromatic carbocycles. The van der Waals surface area contributed by atoms with Gasteiger partial charge in [-0.1, -0.05) is 12.2 Å². The summed E-state index contributed by atoms with van der Waals surface area (Å²) in [6.45, 7) is 0. The van der Waals surface area contributed by atoms with Crippen molar-refractivity contribution < 1.29 is 9.53 Å². The van der Waals surface area contributed by atoms with Crippen molar-refractivity contribution in [1.82, 2.24) is 0 Å². The van der Waals surface area contributed by atoms with Crippen LogP contribution >= 0.6 is 34.5 Å². The number of rotatable bonds is 0. The highest BCUT2D eigenvalue weighted by molar-refractivity contribution is 8.50. The Hall–Kier alpha value is -0.460. The molecule has 1 unspecified atom stereocenters.